The number of rotatable bonds is 2. The van der Waals surface area contributed by atoms with E-state index in [1.165, 1.54) is 51.4 Å². The van der Waals surface area contributed by atoms with E-state index in [9.17, 15) is 5.11 Å². The summed E-state index contributed by atoms with van der Waals surface area (Å²) in [5, 5.41) is 10.6. The van der Waals surface area contributed by atoms with Crippen LogP contribution in [-0.2, 0) is 9.47 Å². The second-order valence-corrected chi connectivity index (χ2v) is 10.7. The lowest BCUT2D eigenvalue weighted by atomic mass is 9.48. The van der Waals surface area contributed by atoms with Gasteiger partial charge in [-0.25, -0.2) is 0 Å². The van der Waals surface area contributed by atoms with E-state index in [0.717, 1.165) is 43.6 Å². The van der Waals surface area contributed by atoms with Gasteiger partial charge < -0.3 is 14.6 Å². The number of allylic oxidation sites excluding steroid dienone is 1. The Morgan fingerprint density at radius 2 is 1.93 bits per heavy atom. The molecule has 1 aliphatic heterocycles. The smallest absolute Gasteiger partial charge is 0.157 e. The van der Waals surface area contributed by atoms with Crippen molar-refractivity contribution in [3.8, 4) is 0 Å². The molecule has 0 amide bonds. The highest BCUT2D eigenvalue weighted by Gasteiger charge is 2.58. The third-order valence-electron chi connectivity index (χ3n) is 9.49. The van der Waals surface area contributed by atoms with Crippen LogP contribution in [0.1, 0.15) is 84.5 Å². The van der Waals surface area contributed by atoms with Crippen molar-refractivity contribution in [1.82, 2.24) is 0 Å². The lowest BCUT2D eigenvalue weighted by Crippen LogP contribution is -2.51. The van der Waals surface area contributed by atoms with E-state index >= 15 is 0 Å². The Bertz CT molecular complexity index is 594. The van der Waals surface area contributed by atoms with Crippen molar-refractivity contribution in [3.63, 3.8) is 0 Å². The molecule has 0 aromatic heterocycles. The molecule has 3 saturated carbocycles. The van der Waals surface area contributed by atoms with Gasteiger partial charge in [-0.1, -0.05) is 25.5 Å². The molecule has 4 aliphatic carbocycles. The zero-order chi connectivity index (χ0) is 18.6. The molecule has 0 radical (unpaired) electrons. The molecule has 5 rings (SSSR count). The van der Waals surface area contributed by atoms with E-state index in [2.05, 4.69) is 19.9 Å². The number of hydrogen-bond acceptors (Lipinski definition) is 3. The summed E-state index contributed by atoms with van der Waals surface area (Å²) in [5.41, 5.74) is 2.23. The quantitative estimate of drug-likeness (QED) is 0.673. The Kier molecular flexibility index (Phi) is 4.73. The predicted molar refractivity (Wildman–Crippen MR) is 106 cm³/mol. The van der Waals surface area contributed by atoms with Crippen LogP contribution in [0.2, 0.25) is 0 Å². The molecule has 8 atom stereocenters. The maximum atomic E-state index is 10.6. The Morgan fingerprint density at radius 3 is 2.74 bits per heavy atom. The maximum absolute atomic E-state index is 10.6. The van der Waals surface area contributed by atoms with Gasteiger partial charge in [0, 0.05) is 6.61 Å². The van der Waals surface area contributed by atoms with E-state index in [1.54, 1.807) is 5.57 Å². The summed E-state index contributed by atoms with van der Waals surface area (Å²) in [6.07, 6.45) is 16.0. The van der Waals surface area contributed by atoms with Crippen molar-refractivity contribution in [2.24, 2.45) is 28.6 Å². The molecule has 0 bridgehead atoms. The fraction of sp³-hybridized carbons (Fsp3) is 0.917. The SMILES string of the molecule is C[C@]12CC[C@H]3[C@@H](CC=C4C[C@@H](O[C@@H]5CCCCO5)CC[C@@]43C)[C@@H]1CC[C@H]2O. The molecule has 1 heterocycles. The normalized spacial score (nSPS) is 52.5. The molecule has 1 saturated heterocycles. The van der Waals surface area contributed by atoms with Crippen molar-refractivity contribution >= 4 is 0 Å². The third-order valence-corrected chi connectivity index (χ3v) is 9.49. The number of hydrogen-bond donors (Lipinski definition) is 1. The molecule has 0 unspecified atom stereocenters. The summed E-state index contributed by atoms with van der Waals surface area (Å²) in [6, 6.07) is 0. The van der Waals surface area contributed by atoms with Crippen LogP contribution < -0.4 is 0 Å². The first-order chi connectivity index (χ1) is 13.0. The van der Waals surface area contributed by atoms with Crippen LogP contribution in [0, 0.1) is 28.6 Å². The molecule has 27 heavy (non-hydrogen) atoms. The molecule has 152 valence electrons. The number of aliphatic hydroxyl groups is 1. The highest BCUT2D eigenvalue weighted by atomic mass is 16.7. The minimum Gasteiger partial charge on any atom is -0.393 e. The van der Waals surface area contributed by atoms with Gasteiger partial charge in [-0.05, 0) is 99.2 Å². The fourth-order valence-electron chi connectivity index (χ4n) is 7.75. The Labute approximate surface area is 164 Å². The average molecular weight is 375 g/mol. The average Bonchev–Trinajstić information content (AvgIpc) is 2.98. The molecular formula is C24H38O3. The Morgan fingerprint density at radius 1 is 1.04 bits per heavy atom. The van der Waals surface area contributed by atoms with Gasteiger partial charge in [-0.3, -0.25) is 0 Å². The molecule has 0 aromatic carbocycles. The van der Waals surface area contributed by atoms with E-state index in [-0.39, 0.29) is 17.8 Å². The van der Waals surface area contributed by atoms with Crippen LogP contribution in [0.3, 0.4) is 0 Å². The summed E-state index contributed by atoms with van der Waals surface area (Å²) >= 11 is 0. The molecule has 4 fully saturated rings. The highest BCUT2D eigenvalue weighted by Crippen LogP contribution is 2.64. The van der Waals surface area contributed by atoms with Crippen molar-refractivity contribution < 1.29 is 14.6 Å². The monoisotopic (exact) mass is 374 g/mol. The van der Waals surface area contributed by atoms with E-state index in [4.69, 9.17) is 9.47 Å². The summed E-state index contributed by atoms with van der Waals surface area (Å²) in [7, 11) is 0. The Balaban J connectivity index is 1.32. The van der Waals surface area contributed by atoms with Crippen molar-refractivity contribution in [1.29, 1.82) is 0 Å². The molecule has 0 aromatic rings. The van der Waals surface area contributed by atoms with Crippen LogP contribution in [0.5, 0.6) is 0 Å². The van der Waals surface area contributed by atoms with Crippen molar-refractivity contribution in [3.05, 3.63) is 11.6 Å². The van der Waals surface area contributed by atoms with E-state index in [0.29, 0.717) is 11.5 Å². The van der Waals surface area contributed by atoms with Crippen molar-refractivity contribution in [2.45, 2.75) is 103 Å². The van der Waals surface area contributed by atoms with Gasteiger partial charge in [0.2, 0.25) is 0 Å². The van der Waals surface area contributed by atoms with Gasteiger partial charge in [-0.15, -0.1) is 0 Å². The zero-order valence-corrected chi connectivity index (χ0v) is 17.3. The third kappa shape index (κ3) is 2.95. The van der Waals surface area contributed by atoms with Crippen LogP contribution in [0.15, 0.2) is 11.6 Å². The van der Waals surface area contributed by atoms with Crippen molar-refractivity contribution in [2.75, 3.05) is 6.61 Å². The molecule has 3 nitrogen and oxygen atoms in total. The number of ether oxygens (including phenoxy) is 2. The van der Waals surface area contributed by atoms with Gasteiger partial charge in [0.25, 0.3) is 0 Å². The van der Waals surface area contributed by atoms with Crippen LogP contribution >= 0.6 is 0 Å². The topological polar surface area (TPSA) is 38.7 Å². The molecule has 1 N–H and O–H groups in total. The minimum atomic E-state index is -0.0683. The minimum absolute atomic E-state index is 0.0420. The van der Waals surface area contributed by atoms with Gasteiger partial charge in [-0.2, -0.15) is 0 Å². The Hall–Kier alpha value is -0.380. The fourth-order valence-corrected chi connectivity index (χ4v) is 7.75. The first-order valence-corrected chi connectivity index (χ1v) is 11.7. The molecule has 0 spiro atoms. The number of fused-ring (bicyclic) bond motifs is 5. The maximum Gasteiger partial charge on any atom is 0.157 e. The van der Waals surface area contributed by atoms with Gasteiger partial charge in [0.05, 0.1) is 12.2 Å². The molecular weight excluding hydrogens is 336 g/mol. The zero-order valence-electron chi connectivity index (χ0n) is 17.3. The standard InChI is InChI=1S/C24H38O3/c1-23-12-10-17(27-22-5-3-4-14-26-22)15-16(23)6-7-18-19-8-9-21(25)24(19,2)13-11-20(18)23/h6,17-22,25H,3-5,7-15H2,1-2H3/t17-,18-,19-,20-,21+,22+,23-,24-/m0/s1. The van der Waals surface area contributed by atoms with Crippen LogP contribution in [0.4, 0.5) is 0 Å². The lowest BCUT2D eigenvalue weighted by Gasteiger charge is -2.57. The van der Waals surface area contributed by atoms with Crippen LogP contribution in [-0.4, -0.2) is 30.2 Å². The van der Waals surface area contributed by atoms with E-state index in [1.807, 2.05) is 0 Å². The lowest BCUT2D eigenvalue weighted by molar-refractivity contribution is -0.195. The largest absolute Gasteiger partial charge is 0.393 e. The summed E-state index contributed by atoms with van der Waals surface area (Å²) in [6.45, 7) is 5.80. The van der Waals surface area contributed by atoms with Gasteiger partial charge >= 0.3 is 0 Å². The molecule has 3 heteroatoms. The molecule has 5 aliphatic rings. The summed E-state index contributed by atoms with van der Waals surface area (Å²) < 4.78 is 12.2. The van der Waals surface area contributed by atoms with Gasteiger partial charge in [0.15, 0.2) is 6.29 Å². The van der Waals surface area contributed by atoms with Gasteiger partial charge in [0.1, 0.15) is 0 Å². The summed E-state index contributed by atoms with van der Waals surface area (Å²) in [4.78, 5) is 0. The first kappa shape index (κ1) is 18.6. The summed E-state index contributed by atoms with van der Waals surface area (Å²) in [5.74, 6) is 2.33. The number of aliphatic hydroxyl groups excluding tert-OH is 1. The second-order valence-electron chi connectivity index (χ2n) is 10.7. The first-order valence-electron chi connectivity index (χ1n) is 11.7. The second kappa shape index (κ2) is 6.85. The van der Waals surface area contributed by atoms with E-state index < -0.39 is 0 Å². The highest BCUT2D eigenvalue weighted by molar-refractivity contribution is 5.25. The van der Waals surface area contributed by atoms with Crippen LogP contribution in [0.25, 0.3) is 0 Å². The predicted octanol–water partition coefficient (Wildman–Crippen LogP) is 5.22.